The number of carbonyl (C=O) groups excluding carboxylic acids is 2. The minimum atomic E-state index is -0.270. The predicted octanol–water partition coefficient (Wildman–Crippen LogP) is 2.29. The molecule has 2 amide bonds. The number of amides is 2. The van der Waals surface area contributed by atoms with Crippen molar-refractivity contribution in [3.05, 3.63) is 54.4 Å². The fraction of sp³-hybridized carbons (Fsp3) is 0.0714. The van der Waals surface area contributed by atoms with Crippen LogP contribution in [0.3, 0.4) is 0 Å². The topological polar surface area (TPSA) is 71.1 Å². The highest BCUT2D eigenvalue weighted by Crippen LogP contribution is 2.14. The van der Waals surface area contributed by atoms with Crippen LogP contribution in [0.25, 0.3) is 0 Å². The number of benzene rings is 1. The maximum atomic E-state index is 11.8. The molecule has 0 radical (unpaired) electrons. The number of nitrogens with one attached hydrogen (secondary N) is 2. The lowest BCUT2D eigenvalue weighted by Gasteiger charge is -2.06. The molecule has 0 aliphatic rings. The molecule has 0 bridgehead atoms. The molecule has 0 saturated heterocycles. The molecule has 0 atom stereocenters. The van der Waals surface area contributed by atoms with E-state index in [0.29, 0.717) is 17.1 Å². The Labute approximate surface area is 110 Å². The van der Waals surface area contributed by atoms with Gasteiger partial charge in [0.15, 0.2) is 0 Å². The van der Waals surface area contributed by atoms with Crippen molar-refractivity contribution >= 4 is 23.2 Å². The van der Waals surface area contributed by atoms with Crippen LogP contribution in [-0.2, 0) is 4.79 Å². The highest BCUT2D eigenvalue weighted by molar-refractivity contribution is 6.02. The third-order valence-corrected chi connectivity index (χ3v) is 2.36. The Morgan fingerprint density at radius 2 is 1.58 bits per heavy atom. The molecule has 5 nitrogen and oxygen atoms in total. The zero-order valence-corrected chi connectivity index (χ0v) is 10.4. The van der Waals surface area contributed by atoms with Gasteiger partial charge in [-0.3, -0.25) is 14.6 Å². The van der Waals surface area contributed by atoms with Gasteiger partial charge < -0.3 is 10.6 Å². The molecule has 2 N–H and O–H groups in total. The van der Waals surface area contributed by atoms with E-state index in [1.165, 1.54) is 6.92 Å². The first-order valence-electron chi connectivity index (χ1n) is 5.75. The van der Waals surface area contributed by atoms with E-state index in [1.54, 1.807) is 48.7 Å². The summed E-state index contributed by atoms with van der Waals surface area (Å²) >= 11 is 0. The zero-order valence-electron chi connectivity index (χ0n) is 10.4. The lowest BCUT2D eigenvalue weighted by atomic mass is 10.2. The molecular weight excluding hydrogens is 242 g/mol. The van der Waals surface area contributed by atoms with Crippen molar-refractivity contribution in [2.24, 2.45) is 0 Å². The van der Waals surface area contributed by atoms with Crippen LogP contribution in [0.4, 0.5) is 11.4 Å². The molecule has 1 aromatic heterocycles. The van der Waals surface area contributed by atoms with Gasteiger partial charge in [0.2, 0.25) is 5.91 Å². The summed E-state index contributed by atoms with van der Waals surface area (Å²) in [5.74, 6) is -0.404. The lowest BCUT2D eigenvalue weighted by molar-refractivity contribution is -0.114. The number of nitrogens with zero attached hydrogens (tertiary/aromatic N) is 1. The predicted molar refractivity (Wildman–Crippen MR) is 72.9 cm³/mol. The second-order valence-corrected chi connectivity index (χ2v) is 3.93. The van der Waals surface area contributed by atoms with Gasteiger partial charge >= 0.3 is 0 Å². The van der Waals surface area contributed by atoms with Gasteiger partial charge in [0.05, 0.1) is 0 Å². The van der Waals surface area contributed by atoms with Gasteiger partial charge in [-0.15, -0.1) is 0 Å². The number of anilines is 2. The lowest BCUT2D eigenvalue weighted by Crippen LogP contribution is -2.13. The van der Waals surface area contributed by atoms with Crippen molar-refractivity contribution in [3.8, 4) is 0 Å². The Balaban J connectivity index is 2.04. The number of pyridine rings is 1. The Hall–Kier alpha value is -2.69. The fourth-order valence-electron chi connectivity index (χ4n) is 1.53. The number of rotatable bonds is 3. The summed E-state index contributed by atoms with van der Waals surface area (Å²) in [7, 11) is 0. The van der Waals surface area contributed by atoms with Crippen molar-refractivity contribution < 1.29 is 9.59 Å². The third-order valence-electron chi connectivity index (χ3n) is 2.36. The van der Waals surface area contributed by atoms with Crippen LogP contribution in [0.2, 0.25) is 0 Å². The number of hydrogen-bond donors (Lipinski definition) is 2. The van der Waals surface area contributed by atoms with Gasteiger partial charge in [-0.1, -0.05) is 6.07 Å². The molecule has 96 valence electrons. The van der Waals surface area contributed by atoms with Crippen molar-refractivity contribution in [2.75, 3.05) is 10.6 Å². The van der Waals surface area contributed by atoms with Crippen LogP contribution in [0.1, 0.15) is 17.4 Å². The second-order valence-electron chi connectivity index (χ2n) is 3.93. The summed E-state index contributed by atoms with van der Waals surface area (Å²) in [6.07, 6.45) is 1.56. The van der Waals surface area contributed by atoms with Crippen molar-refractivity contribution in [1.29, 1.82) is 0 Å². The molecule has 0 unspecified atom stereocenters. The SMILES string of the molecule is CC(=O)Nc1ccc(NC(=O)c2ccccn2)cc1. The maximum absolute atomic E-state index is 11.8. The van der Waals surface area contributed by atoms with Gasteiger partial charge in [-0.2, -0.15) is 0 Å². The first kappa shape index (κ1) is 12.8. The van der Waals surface area contributed by atoms with Crippen LogP contribution < -0.4 is 10.6 Å². The van der Waals surface area contributed by atoms with Crippen LogP contribution >= 0.6 is 0 Å². The summed E-state index contributed by atoms with van der Waals surface area (Å²) in [6, 6.07) is 12.0. The van der Waals surface area contributed by atoms with Crippen LogP contribution in [0.15, 0.2) is 48.7 Å². The highest BCUT2D eigenvalue weighted by atomic mass is 16.2. The van der Waals surface area contributed by atoms with Crippen molar-refractivity contribution in [2.45, 2.75) is 6.92 Å². The van der Waals surface area contributed by atoms with Crippen LogP contribution in [0.5, 0.6) is 0 Å². The summed E-state index contributed by atoms with van der Waals surface area (Å²) in [4.78, 5) is 26.7. The van der Waals surface area contributed by atoms with Crippen molar-refractivity contribution in [3.63, 3.8) is 0 Å². The molecule has 0 spiro atoms. The molecule has 19 heavy (non-hydrogen) atoms. The Bertz CT molecular complexity index is 579. The average molecular weight is 255 g/mol. The zero-order chi connectivity index (χ0) is 13.7. The molecule has 0 aliphatic heterocycles. The fourth-order valence-corrected chi connectivity index (χ4v) is 1.53. The molecule has 1 heterocycles. The molecular formula is C14H13N3O2. The van der Waals surface area contributed by atoms with E-state index in [9.17, 15) is 9.59 Å². The van der Waals surface area contributed by atoms with Gasteiger partial charge in [0, 0.05) is 24.5 Å². The molecule has 5 heteroatoms. The van der Waals surface area contributed by atoms with E-state index in [4.69, 9.17) is 0 Å². The summed E-state index contributed by atoms with van der Waals surface area (Å²) in [5.41, 5.74) is 1.68. The highest BCUT2D eigenvalue weighted by Gasteiger charge is 2.06. The average Bonchev–Trinajstić information content (AvgIpc) is 2.41. The number of aromatic nitrogens is 1. The molecule has 0 fully saturated rings. The molecule has 0 aliphatic carbocycles. The third kappa shape index (κ3) is 3.64. The van der Waals surface area contributed by atoms with Gasteiger partial charge in [0.25, 0.3) is 5.91 Å². The Morgan fingerprint density at radius 3 is 2.11 bits per heavy atom. The van der Waals surface area contributed by atoms with E-state index in [2.05, 4.69) is 15.6 Å². The molecule has 2 rings (SSSR count). The molecule has 1 aromatic carbocycles. The maximum Gasteiger partial charge on any atom is 0.274 e. The van der Waals surface area contributed by atoms with Gasteiger partial charge in [0.1, 0.15) is 5.69 Å². The largest absolute Gasteiger partial charge is 0.326 e. The smallest absolute Gasteiger partial charge is 0.274 e. The van der Waals surface area contributed by atoms with E-state index >= 15 is 0 Å². The van der Waals surface area contributed by atoms with Crippen molar-refractivity contribution in [1.82, 2.24) is 4.98 Å². The normalized spacial score (nSPS) is 9.74. The van der Waals surface area contributed by atoms with Crippen LogP contribution in [-0.4, -0.2) is 16.8 Å². The summed E-state index contributed by atoms with van der Waals surface area (Å²) in [6.45, 7) is 1.44. The summed E-state index contributed by atoms with van der Waals surface area (Å²) in [5, 5.41) is 5.38. The van der Waals surface area contributed by atoms with E-state index in [-0.39, 0.29) is 11.8 Å². The van der Waals surface area contributed by atoms with Gasteiger partial charge in [-0.05, 0) is 36.4 Å². The summed E-state index contributed by atoms with van der Waals surface area (Å²) < 4.78 is 0. The Kier molecular flexibility index (Phi) is 3.87. The monoisotopic (exact) mass is 255 g/mol. The number of hydrogen-bond acceptors (Lipinski definition) is 3. The minimum absolute atomic E-state index is 0.134. The minimum Gasteiger partial charge on any atom is -0.326 e. The second kappa shape index (κ2) is 5.77. The first-order chi connectivity index (χ1) is 9.15. The van der Waals surface area contributed by atoms with Gasteiger partial charge in [-0.25, -0.2) is 0 Å². The van der Waals surface area contributed by atoms with E-state index in [1.807, 2.05) is 0 Å². The first-order valence-corrected chi connectivity index (χ1v) is 5.75. The molecule has 0 saturated carbocycles. The quantitative estimate of drug-likeness (QED) is 0.884. The van der Waals surface area contributed by atoms with E-state index in [0.717, 1.165) is 0 Å². The standard InChI is InChI=1S/C14H13N3O2/c1-10(18)16-11-5-7-12(8-6-11)17-14(19)13-4-2-3-9-15-13/h2-9H,1H3,(H,16,18)(H,17,19). The van der Waals surface area contributed by atoms with E-state index < -0.39 is 0 Å². The Morgan fingerprint density at radius 1 is 0.947 bits per heavy atom. The number of carbonyl (C=O) groups is 2. The molecule has 2 aromatic rings. The van der Waals surface area contributed by atoms with Crippen LogP contribution in [0, 0.1) is 0 Å².